The lowest BCUT2D eigenvalue weighted by molar-refractivity contribution is 0.0907. The summed E-state index contributed by atoms with van der Waals surface area (Å²) in [6.45, 7) is 5.35. The third-order valence-electron chi connectivity index (χ3n) is 2.60. The maximum absolute atomic E-state index is 12.1. The SMILES string of the molecule is Cc1nc(C(=O)NC(C)(C)CNC(N)=O)ccc1C#N. The second-order valence-electron chi connectivity index (χ2n) is 5.00. The Morgan fingerprint density at radius 1 is 1.45 bits per heavy atom. The lowest BCUT2D eigenvalue weighted by Gasteiger charge is -2.26. The molecular weight excluding hydrogens is 258 g/mol. The molecule has 0 aliphatic heterocycles. The molecule has 4 N–H and O–H groups in total. The maximum atomic E-state index is 12.1. The molecule has 7 heteroatoms. The van der Waals surface area contributed by atoms with Crippen LogP contribution in [0.25, 0.3) is 0 Å². The molecule has 0 saturated heterocycles. The number of hydrogen-bond acceptors (Lipinski definition) is 4. The number of nitrogens with two attached hydrogens (primary N) is 1. The second-order valence-corrected chi connectivity index (χ2v) is 5.00. The first-order valence-corrected chi connectivity index (χ1v) is 5.99. The molecule has 0 fully saturated rings. The van der Waals surface area contributed by atoms with E-state index in [-0.39, 0.29) is 18.1 Å². The highest BCUT2D eigenvalue weighted by atomic mass is 16.2. The van der Waals surface area contributed by atoms with E-state index >= 15 is 0 Å². The van der Waals surface area contributed by atoms with Crippen molar-refractivity contribution in [1.29, 1.82) is 5.26 Å². The van der Waals surface area contributed by atoms with Crippen molar-refractivity contribution in [2.24, 2.45) is 5.73 Å². The summed E-state index contributed by atoms with van der Waals surface area (Å²) >= 11 is 0. The predicted molar refractivity (Wildman–Crippen MR) is 72.8 cm³/mol. The molecule has 7 nitrogen and oxygen atoms in total. The highest BCUT2D eigenvalue weighted by molar-refractivity contribution is 5.93. The number of aryl methyl sites for hydroxylation is 1. The third-order valence-corrected chi connectivity index (χ3v) is 2.60. The van der Waals surface area contributed by atoms with E-state index in [0.717, 1.165) is 0 Å². The number of carbonyl (C=O) groups excluding carboxylic acids is 2. The van der Waals surface area contributed by atoms with Crippen LogP contribution in [0, 0.1) is 18.3 Å². The summed E-state index contributed by atoms with van der Waals surface area (Å²) in [4.78, 5) is 26.8. The molecule has 1 aromatic rings. The molecule has 1 rings (SSSR count). The normalized spacial score (nSPS) is 10.5. The van der Waals surface area contributed by atoms with Crippen LogP contribution in [0.5, 0.6) is 0 Å². The average molecular weight is 275 g/mol. The summed E-state index contributed by atoms with van der Waals surface area (Å²) in [5.41, 5.74) is 5.45. The van der Waals surface area contributed by atoms with Crippen molar-refractivity contribution in [2.75, 3.05) is 6.54 Å². The van der Waals surface area contributed by atoms with Crippen LogP contribution in [0.1, 0.15) is 35.6 Å². The van der Waals surface area contributed by atoms with Gasteiger partial charge in [0.05, 0.1) is 16.8 Å². The van der Waals surface area contributed by atoms with Gasteiger partial charge in [0.15, 0.2) is 0 Å². The summed E-state index contributed by atoms with van der Waals surface area (Å²) in [5, 5.41) is 14.0. The van der Waals surface area contributed by atoms with E-state index in [0.29, 0.717) is 11.3 Å². The van der Waals surface area contributed by atoms with Crippen molar-refractivity contribution in [3.8, 4) is 6.07 Å². The number of pyridine rings is 1. The number of nitrogens with zero attached hydrogens (tertiary/aromatic N) is 2. The number of nitriles is 1. The lowest BCUT2D eigenvalue weighted by atomic mass is 10.1. The number of aromatic nitrogens is 1. The molecule has 0 aliphatic carbocycles. The number of rotatable bonds is 4. The molecule has 20 heavy (non-hydrogen) atoms. The van der Waals surface area contributed by atoms with Gasteiger partial charge in [0, 0.05) is 6.54 Å². The van der Waals surface area contributed by atoms with Crippen molar-refractivity contribution in [3.05, 3.63) is 29.1 Å². The van der Waals surface area contributed by atoms with Gasteiger partial charge >= 0.3 is 6.03 Å². The molecule has 1 heterocycles. The van der Waals surface area contributed by atoms with Crippen LogP contribution in [0.4, 0.5) is 4.79 Å². The van der Waals surface area contributed by atoms with E-state index in [2.05, 4.69) is 15.6 Å². The first kappa shape index (κ1) is 15.4. The molecule has 0 radical (unpaired) electrons. The summed E-state index contributed by atoms with van der Waals surface area (Å²) in [6.07, 6.45) is 0. The first-order valence-electron chi connectivity index (χ1n) is 5.99. The van der Waals surface area contributed by atoms with Crippen LogP contribution in [-0.4, -0.2) is 29.0 Å². The summed E-state index contributed by atoms with van der Waals surface area (Å²) in [5.74, 6) is -0.381. The zero-order valence-electron chi connectivity index (χ0n) is 11.7. The zero-order chi connectivity index (χ0) is 15.3. The minimum Gasteiger partial charge on any atom is -0.352 e. The number of nitrogens with one attached hydrogen (secondary N) is 2. The number of primary amides is 1. The van der Waals surface area contributed by atoms with E-state index in [9.17, 15) is 9.59 Å². The Labute approximate surface area is 117 Å². The smallest absolute Gasteiger partial charge is 0.312 e. The Bertz CT molecular complexity index is 575. The van der Waals surface area contributed by atoms with E-state index in [1.807, 2.05) is 6.07 Å². The van der Waals surface area contributed by atoms with Gasteiger partial charge in [-0.15, -0.1) is 0 Å². The highest BCUT2D eigenvalue weighted by Gasteiger charge is 2.22. The number of hydrogen-bond donors (Lipinski definition) is 3. The minimum absolute atomic E-state index is 0.198. The van der Waals surface area contributed by atoms with Crippen LogP contribution in [0.3, 0.4) is 0 Å². The highest BCUT2D eigenvalue weighted by Crippen LogP contribution is 2.07. The summed E-state index contributed by atoms with van der Waals surface area (Å²) in [7, 11) is 0. The molecule has 1 aromatic heterocycles. The van der Waals surface area contributed by atoms with E-state index in [4.69, 9.17) is 11.0 Å². The molecule has 0 unspecified atom stereocenters. The quantitative estimate of drug-likeness (QED) is 0.738. The van der Waals surface area contributed by atoms with Crippen LogP contribution in [-0.2, 0) is 0 Å². The predicted octanol–water partition coefficient (Wildman–Crippen LogP) is 0.438. The fraction of sp³-hybridized carbons (Fsp3) is 0.385. The van der Waals surface area contributed by atoms with Gasteiger partial charge in [0.25, 0.3) is 5.91 Å². The van der Waals surface area contributed by atoms with Crippen molar-refractivity contribution >= 4 is 11.9 Å². The fourth-order valence-electron chi connectivity index (χ4n) is 1.53. The van der Waals surface area contributed by atoms with E-state index in [1.54, 1.807) is 26.8 Å². The molecule has 0 aliphatic rings. The Morgan fingerprint density at radius 2 is 2.10 bits per heavy atom. The van der Waals surface area contributed by atoms with Gasteiger partial charge in [0.2, 0.25) is 0 Å². The van der Waals surface area contributed by atoms with Gasteiger partial charge in [-0.25, -0.2) is 9.78 Å². The van der Waals surface area contributed by atoms with Gasteiger partial charge in [0.1, 0.15) is 11.8 Å². The first-order chi connectivity index (χ1) is 9.25. The van der Waals surface area contributed by atoms with Crippen LogP contribution >= 0.6 is 0 Å². The summed E-state index contributed by atoms with van der Waals surface area (Å²) in [6, 6.07) is 4.37. The van der Waals surface area contributed by atoms with Gasteiger partial charge < -0.3 is 16.4 Å². The molecule has 3 amide bonds. The average Bonchev–Trinajstić information content (AvgIpc) is 2.36. The van der Waals surface area contributed by atoms with Crippen LogP contribution in [0.15, 0.2) is 12.1 Å². The van der Waals surface area contributed by atoms with E-state index in [1.165, 1.54) is 6.07 Å². The Kier molecular flexibility index (Phi) is 4.64. The minimum atomic E-state index is -0.671. The maximum Gasteiger partial charge on any atom is 0.312 e. The number of urea groups is 1. The van der Waals surface area contributed by atoms with Crippen molar-refractivity contribution in [3.63, 3.8) is 0 Å². The summed E-state index contributed by atoms with van der Waals surface area (Å²) < 4.78 is 0. The fourth-order valence-corrected chi connectivity index (χ4v) is 1.53. The molecular formula is C13H17N5O2. The monoisotopic (exact) mass is 275 g/mol. The lowest BCUT2D eigenvalue weighted by Crippen LogP contribution is -2.52. The molecule has 0 spiro atoms. The topological polar surface area (TPSA) is 121 Å². The van der Waals surface area contributed by atoms with Crippen LogP contribution in [0.2, 0.25) is 0 Å². The molecule has 0 bridgehead atoms. The van der Waals surface area contributed by atoms with Gasteiger partial charge in [-0.3, -0.25) is 4.79 Å². The van der Waals surface area contributed by atoms with Crippen molar-refractivity contribution in [1.82, 2.24) is 15.6 Å². The standard InChI is InChI=1S/C13H17N5O2/c1-8-9(6-14)4-5-10(17-8)11(19)18-13(2,3)7-16-12(15)20/h4-5H,7H2,1-3H3,(H,18,19)(H3,15,16,20). The van der Waals surface area contributed by atoms with Crippen LogP contribution < -0.4 is 16.4 Å². The van der Waals surface area contributed by atoms with Gasteiger partial charge in [-0.2, -0.15) is 5.26 Å². The Hall–Kier alpha value is -2.62. The van der Waals surface area contributed by atoms with Gasteiger partial charge in [-0.1, -0.05) is 0 Å². The largest absolute Gasteiger partial charge is 0.352 e. The molecule has 0 aromatic carbocycles. The van der Waals surface area contributed by atoms with E-state index < -0.39 is 11.6 Å². The third kappa shape index (κ3) is 4.24. The Morgan fingerprint density at radius 3 is 2.60 bits per heavy atom. The number of amides is 3. The second kappa shape index (κ2) is 6.02. The molecule has 106 valence electrons. The van der Waals surface area contributed by atoms with Crippen molar-refractivity contribution < 1.29 is 9.59 Å². The Balaban J connectivity index is 2.78. The number of carbonyl (C=O) groups is 2. The molecule has 0 saturated carbocycles. The molecule has 0 atom stereocenters. The zero-order valence-corrected chi connectivity index (χ0v) is 11.7. The van der Waals surface area contributed by atoms with Gasteiger partial charge in [-0.05, 0) is 32.9 Å². The van der Waals surface area contributed by atoms with Crippen molar-refractivity contribution in [2.45, 2.75) is 26.3 Å².